The number of rotatable bonds is 3. The molecule has 0 radical (unpaired) electrons. The Morgan fingerprint density at radius 3 is 2.39 bits per heavy atom. The second-order valence-corrected chi connectivity index (χ2v) is 7.78. The fourth-order valence-corrected chi connectivity index (χ4v) is 3.85. The Morgan fingerprint density at radius 1 is 0.857 bits per heavy atom. The number of ether oxygens (including phenoxy) is 3. The molecular weight excluding hydrogens is 432 g/mol. The number of hydrogen-bond donors (Lipinski definition) is 4. The van der Waals surface area contributed by atoms with Crippen LogP contribution in [0.15, 0.2) is 40.9 Å². The van der Waals surface area contributed by atoms with E-state index >= 15 is 0 Å². The summed E-state index contributed by atoms with van der Waals surface area (Å²) in [5.74, 6) is 1.44. The predicted octanol–water partition coefficient (Wildman–Crippen LogP) is 1.28. The maximum Gasteiger partial charge on any atom is 0.184 e. The molecule has 0 bridgehead atoms. The van der Waals surface area contributed by atoms with Crippen molar-refractivity contribution in [3.8, 4) is 11.5 Å². The van der Waals surface area contributed by atoms with Gasteiger partial charge in [-0.3, -0.25) is 0 Å². The van der Waals surface area contributed by atoms with Gasteiger partial charge in [0.25, 0.3) is 0 Å². The second-order valence-electron chi connectivity index (χ2n) is 6.92. The molecule has 0 aromatic heterocycles. The van der Waals surface area contributed by atoms with Crippen LogP contribution in [0.25, 0.3) is 0 Å². The molecule has 0 saturated carbocycles. The molecule has 1 saturated heterocycles. The number of hydrogen-bond acceptors (Lipinski definition) is 7. The van der Waals surface area contributed by atoms with E-state index in [2.05, 4.69) is 15.9 Å². The fourth-order valence-electron chi connectivity index (χ4n) is 3.46. The zero-order valence-electron chi connectivity index (χ0n) is 14.9. The summed E-state index contributed by atoms with van der Waals surface area (Å²) < 4.78 is 17.4. The van der Waals surface area contributed by atoms with Crippen LogP contribution >= 0.6 is 15.9 Å². The molecule has 2 aromatic carbocycles. The third kappa shape index (κ3) is 3.76. The molecule has 0 aliphatic carbocycles. The molecule has 28 heavy (non-hydrogen) atoms. The van der Waals surface area contributed by atoms with E-state index in [4.69, 9.17) is 14.2 Å². The van der Waals surface area contributed by atoms with Crippen molar-refractivity contribution in [2.45, 2.75) is 37.1 Å². The van der Waals surface area contributed by atoms with E-state index in [0.29, 0.717) is 30.9 Å². The summed E-state index contributed by atoms with van der Waals surface area (Å²) in [4.78, 5) is 0. The number of halogens is 1. The zero-order chi connectivity index (χ0) is 19.8. The molecule has 1 unspecified atom stereocenters. The molecule has 2 aromatic rings. The van der Waals surface area contributed by atoms with E-state index in [-0.39, 0.29) is 0 Å². The Bertz CT molecular complexity index is 858. The lowest BCUT2D eigenvalue weighted by Crippen LogP contribution is -2.54. The van der Waals surface area contributed by atoms with Crippen LogP contribution in [0.5, 0.6) is 11.5 Å². The van der Waals surface area contributed by atoms with Crippen LogP contribution in [0.4, 0.5) is 0 Å². The van der Waals surface area contributed by atoms with E-state index in [1.165, 1.54) is 0 Å². The summed E-state index contributed by atoms with van der Waals surface area (Å²) in [6, 6.07) is 11.2. The number of aliphatic hydroxyl groups is 4. The van der Waals surface area contributed by atoms with E-state index in [0.717, 1.165) is 21.3 Å². The molecule has 2 heterocycles. The first-order valence-corrected chi connectivity index (χ1v) is 9.78. The van der Waals surface area contributed by atoms with Crippen molar-refractivity contribution in [1.29, 1.82) is 0 Å². The average Bonchev–Trinajstić information content (AvgIpc) is 2.71. The molecule has 0 amide bonds. The summed E-state index contributed by atoms with van der Waals surface area (Å²) >= 11 is 3.54. The van der Waals surface area contributed by atoms with Gasteiger partial charge in [-0.05, 0) is 41.3 Å². The smallest absolute Gasteiger partial charge is 0.184 e. The monoisotopic (exact) mass is 452 g/mol. The van der Waals surface area contributed by atoms with Crippen LogP contribution in [0, 0.1) is 0 Å². The second kappa shape index (κ2) is 7.98. The van der Waals surface area contributed by atoms with E-state index in [1.54, 1.807) is 6.07 Å². The van der Waals surface area contributed by atoms with Gasteiger partial charge in [-0.25, -0.2) is 0 Å². The highest BCUT2D eigenvalue weighted by molar-refractivity contribution is 9.10. The van der Waals surface area contributed by atoms with Crippen molar-refractivity contribution < 1.29 is 34.6 Å². The Labute approximate surface area is 170 Å². The highest BCUT2D eigenvalue weighted by Gasteiger charge is 2.43. The summed E-state index contributed by atoms with van der Waals surface area (Å²) in [6.07, 6.45) is -6.37. The third-order valence-electron chi connectivity index (χ3n) is 4.99. The van der Waals surface area contributed by atoms with Gasteiger partial charge in [-0.1, -0.05) is 34.1 Å². The van der Waals surface area contributed by atoms with Crippen molar-refractivity contribution in [3.63, 3.8) is 0 Å². The van der Waals surface area contributed by atoms with Gasteiger partial charge in [-0.2, -0.15) is 0 Å². The molecule has 5 atom stereocenters. The standard InChI is InChI=1S/C20H21BrO7/c21-13-3-2-11(19-17(23)16(22)18(24)20(25)28-19)9-12(13)7-10-1-4-14-15(8-10)27-6-5-26-14/h1-4,8-9,16-20,22-25H,5-7H2/t16-,17-,18+,19+,20?/m1/s1. The minimum Gasteiger partial charge on any atom is -0.486 e. The van der Waals surface area contributed by atoms with Crippen molar-refractivity contribution in [1.82, 2.24) is 0 Å². The SMILES string of the molecule is OC1O[C@@H](c2ccc(Br)c(Cc3ccc4c(c3)OCCO4)c2)[C@H](O)[C@@H](O)[C@@H]1O. The van der Waals surface area contributed by atoms with Gasteiger partial charge in [0.05, 0.1) is 0 Å². The van der Waals surface area contributed by atoms with Gasteiger partial charge in [0.15, 0.2) is 17.8 Å². The van der Waals surface area contributed by atoms with Gasteiger partial charge in [-0.15, -0.1) is 0 Å². The highest BCUT2D eigenvalue weighted by atomic mass is 79.9. The lowest BCUT2D eigenvalue weighted by Gasteiger charge is -2.38. The van der Waals surface area contributed by atoms with Crippen LogP contribution in [-0.2, 0) is 11.2 Å². The van der Waals surface area contributed by atoms with E-state index in [1.807, 2.05) is 30.3 Å². The number of fused-ring (bicyclic) bond motifs is 1. The summed E-state index contributed by atoms with van der Waals surface area (Å²) in [5.41, 5.74) is 2.54. The molecular formula is C20H21BrO7. The van der Waals surface area contributed by atoms with Crippen LogP contribution in [-0.4, -0.2) is 58.2 Å². The molecule has 4 N–H and O–H groups in total. The van der Waals surface area contributed by atoms with Crippen LogP contribution in [0.3, 0.4) is 0 Å². The molecule has 8 heteroatoms. The van der Waals surface area contributed by atoms with Gasteiger partial charge in [0.2, 0.25) is 0 Å². The number of aliphatic hydroxyl groups excluding tert-OH is 4. The maximum atomic E-state index is 10.3. The van der Waals surface area contributed by atoms with Crippen LogP contribution < -0.4 is 9.47 Å². The lowest BCUT2D eigenvalue weighted by atomic mass is 9.92. The fraction of sp³-hybridized carbons (Fsp3) is 0.400. The van der Waals surface area contributed by atoms with Gasteiger partial charge < -0.3 is 34.6 Å². The first-order valence-electron chi connectivity index (χ1n) is 8.98. The highest BCUT2D eigenvalue weighted by Crippen LogP contribution is 2.35. The minimum atomic E-state index is -1.58. The van der Waals surface area contributed by atoms with Crippen molar-refractivity contribution in [2.24, 2.45) is 0 Å². The summed E-state index contributed by atoms with van der Waals surface area (Å²) in [7, 11) is 0. The van der Waals surface area contributed by atoms with E-state index in [9.17, 15) is 20.4 Å². The first kappa shape index (κ1) is 19.6. The van der Waals surface area contributed by atoms with Gasteiger partial charge >= 0.3 is 0 Å². The predicted molar refractivity (Wildman–Crippen MR) is 102 cm³/mol. The van der Waals surface area contributed by atoms with Gasteiger partial charge in [0, 0.05) is 4.47 Å². The zero-order valence-corrected chi connectivity index (χ0v) is 16.4. The quantitative estimate of drug-likeness (QED) is 0.555. The van der Waals surface area contributed by atoms with Gasteiger partial charge in [0.1, 0.15) is 37.6 Å². The average molecular weight is 453 g/mol. The Hall–Kier alpha value is -1.68. The molecule has 0 spiro atoms. The van der Waals surface area contributed by atoms with E-state index < -0.39 is 30.7 Å². The summed E-state index contributed by atoms with van der Waals surface area (Å²) in [5, 5.41) is 39.7. The molecule has 1 fully saturated rings. The molecule has 2 aliphatic heterocycles. The minimum absolute atomic E-state index is 0.517. The Kier molecular flexibility index (Phi) is 5.59. The topological polar surface area (TPSA) is 109 Å². The third-order valence-corrected chi connectivity index (χ3v) is 5.76. The first-order chi connectivity index (χ1) is 13.4. The summed E-state index contributed by atoms with van der Waals surface area (Å²) in [6.45, 7) is 1.05. The molecule has 7 nitrogen and oxygen atoms in total. The lowest BCUT2D eigenvalue weighted by molar-refractivity contribution is -0.284. The Morgan fingerprint density at radius 2 is 1.61 bits per heavy atom. The van der Waals surface area contributed by atoms with Crippen LogP contribution in [0.1, 0.15) is 22.8 Å². The van der Waals surface area contributed by atoms with Crippen molar-refractivity contribution in [3.05, 3.63) is 57.6 Å². The maximum absolute atomic E-state index is 10.3. The van der Waals surface area contributed by atoms with Crippen LogP contribution in [0.2, 0.25) is 0 Å². The molecule has 2 aliphatic rings. The largest absolute Gasteiger partial charge is 0.486 e. The Balaban J connectivity index is 1.59. The molecule has 4 rings (SSSR count). The van der Waals surface area contributed by atoms with Crippen molar-refractivity contribution in [2.75, 3.05) is 13.2 Å². The molecule has 150 valence electrons. The van der Waals surface area contributed by atoms with Crippen molar-refractivity contribution >= 4 is 15.9 Å². The number of benzene rings is 2. The normalized spacial score (nSPS) is 29.5.